The first-order valence-electron chi connectivity index (χ1n) is 9.76. The van der Waals surface area contributed by atoms with Crippen molar-refractivity contribution in [3.05, 3.63) is 40.2 Å². The number of carbonyl (C=O) groups excluding carboxylic acids is 2. The molecule has 0 saturated carbocycles. The summed E-state index contributed by atoms with van der Waals surface area (Å²) >= 11 is 1.64. The monoisotopic (exact) mass is 403 g/mol. The van der Waals surface area contributed by atoms with Gasteiger partial charge in [0.2, 0.25) is 5.91 Å². The maximum Gasteiger partial charge on any atom is 0.289 e. The standard InChI is InChI=1S/C20H25N3O4S/c1-2-17-21-15(14-28-17)13-23-9-11-27-20(12-18(23)24)5-7-22(8-6-20)19(25)16-4-3-10-26-16/h3-4,10,14H,2,5-9,11-13H2,1H3. The number of ether oxygens (including phenoxy) is 1. The first kappa shape index (κ1) is 19.1. The molecule has 4 heterocycles. The number of hydrogen-bond donors (Lipinski definition) is 0. The van der Waals surface area contributed by atoms with Crippen LogP contribution in [0.15, 0.2) is 28.2 Å². The van der Waals surface area contributed by atoms with Crippen molar-refractivity contribution >= 4 is 23.2 Å². The lowest BCUT2D eigenvalue weighted by molar-refractivity contribution is -0.135. The van der Waals surface area contributed by atoms with E-state index < -0.39 is 5.60 Å². The van der Waals surface area contributed by atoms with E-state index in [0.29, 0.717) is 57.8 Å². The van der Waals surface area contributed by atoms with Crippen molar-refractivity contribution in [3.8, 4) is 0 Å². The van der Waals surface area contributed by atoms with Crippen molar-refractivity contribution in [3.63, 3.8) is 0 Å². The van der Waals surface area contributed by atoms with Crippen molar-refractivity contribution in [2.45, 2.75) is 44.8 Å². The quantitative estimate of drug-likeness (QED) is 0.785. The molecule has 150 valence electrons. The highest BCUT2D eigenvalue weighted by Gasteiger charge is 2.41. The smallest absolute Gasteiger partial charge is 0.289 e. The second-order valence-corrected chi connectivity index (χ2v) is 8.32. The Bertz CT molecular complexity index is 824. The number of hydrogen-bond acceptors (Lipinski definition) is 6. The summed E-state index contributed by atoms with van der Waals surface area (Å²) in [6.07, 6.45) is 4.11. The number of likely N-dealkylation sites (tertiary alicyclic amines) is 1. The molecule has 2 saturated heterocycles. The highest BCUT2D eigenvalue weighted by molar-refractivity contribution is 7.09. The van der Waals surface area contributed by atoms with Gasteiger partial charge < -0.3 is 19.0 Å². The van der Waals surface area contributed by atoms with Gasteiger partial charge in [-0.2, -0.15) is 0 Å². The van der Waals surface area contributed by atoms with Gasteiger partial charge in [-0.15, -0.1) is 11.3 Å². The largest absolute Gasteiger partial charge is 0.459 e. The zero-order valence-electron chi connectivity index (χ0n) is 16.1. The SMILES string of the molecule is CCc1nc(CN2CCOC3(CCN(C(=O)c4ccco4)CC3)CC2=O)cs1. The molecule has 2 aromatic heterocycles. The van der Waals surface area contributed by atoms with E-state index in [4.69, 9.17) is 9.15 Å². The van der Waals surface area contributed by atoms with Crippen LogP contribution in [0.4, 0.5) is 0 Å². The Morgan fingerprint density at radius 3 is 2.82 bits per heavy atom. The lowest BCUT2D eigenvalue weighted by Gasteiger charge is -2.40. The van der Waals surface area contributed by atoms with Gasteiger partial charge in [0.25, 0.3) is 5.91 Å². The summed E-state index contributed by atoms with van der Waals surface area (Å²) in [6.45, 7) is 4.85. The van der Waals surface area contributed by atoms with Gasteiger partial charge in [0.15, 0.2) is 5.76 Å². The van der Waals surface area contributed by atoms with Crippen LogP contribution in [0.5, 0.6) is 0 Å². The molecule has 2 amide bonds. The molecule has 8 heteroatoms. The number of aromatic nitrogens is 1. The predicted molar refractivity (Wildman–Crippen MR) is 104 cm³/mol. The lowest BCUT2D eigenvalue weighted by atomic mass is 9.87. The van der Waals surface area contributed by atoms with Crippen LogP contribution >= 0.6 is 11.3 Å². The zero-order valence-corrected chi connectivity index (χ0v) is 16.9. The van der Waals surface area contributed by atoms with Crippen LogP contribution in [0.1, 0.15) is 47.4 Å². The fraction of sp³-hybridized carbons (Fsp3) is 0.550. The molecular weight excluding hydrogens is 378 g/mol. The highest BCUT2D eigenvalue weighted by atomic mass is 32.1. The van der Waals surface area contributed by atoms with Crippen molar-refractivity contribution < 1.29 is 18.7 Å². The molecular formula is C20H25N3O4S. The summed E-state index contributed by atoms with van der Waals surface area (Å²) < 4.78 is 11.4. The van der Waals surface area contributed by atoms with Crippen LogP contribution < -0.4 is 0 Å². The van der Waals surface area contributed by atoms with Crippen molar-refractivity contribution in [2.75, 3.05) is 26.2 Å². The molecule has 0 unspecified atom stereocenters. The molecule has 2 fully saturated rings. The lowest BCUT2D eigenvalue weighted by Crippen LogP contribution is -2.49. The average Bonchev–Trinajstić information content (AvgIpc) is 3.36. The second-order valence-electron chi connectivity index (χ2n) is 7.38. The van der Waals surface area contributed by atoms with Crippen LogP contribution in [-0.4, -0.2) is 58.4 Å². The van der Waals surface area contributed by atoms with Gasteiger partial charge in [-0.25, -0.2) is 4.98 Å². The van der Waals surface area contributed by atoms with Gasteiger partial charge in [-0.3, -0.25) is 9.59 Å². The summed E-state index contributed by atoms with van der Waals surface area (Å²) in [7, 11) is 0. The van der Waals surface area contributed by atoms with Gasteiger partial charge >= 0.3 is 0 Å². The first-order valence-corrected chi connectivity index (χ1v) is 10.6. The van der Waals surface area contributed by atoms with Crippen LogP contribution in [0.3, 0.4) is 0 Å². The molecule has 7 nitrogen and oxygen atoms in total. The van der Waals surface area contributed by atoms with Crippen molar-refractivity contribution in [1.82, 2.24) is 14.8 Å². The van der Waals surface area contributed by atoms with Crippen LogP contribution in [0, 0.1) is 0 Å². The minimum Gasteiger partial charge on any atom is -0.459 e. The molecule has 0 aromatic carbocycles. The first-order chi connectivity index (χ1) is 13.6. The third-order valence-electron chi connectivity index (χ3n) is 5.54. The number of nitrogens with zero attached hydrogens (tertiary/aromatic N) is 3. The Kier molecular flexibility index (Phi) is 5.50. The Hall–Kier alpha value is -2.19. The molecule has 1 spiro atoms. The van der Waals surface area contributed by atoms with E-state index in [2.05, 4.69) is 11.9 Å². The molecule has 2 aliphatic rings. The fourth-order valence-electron chi connectivity index (χ4n) is 3.88. The Balaban J connectivity index is 1.36. The normalized spacial score (nSPS) is 19.8. The molecule has 0 atom stereocenters. The minimum absolute atomic E-state index is 0.100. The second kappa shape index (κ2) is 8.05. The number of rotatable bonds is 4. The summed E-state index contributed by atoms with van der Waals surface area (Å²) in [4.78, 5) is 33.6. The number of thiazole rings is 1. The molecule has 0 N–H and O–H groups in total. The number of piperidine rings is 1. The number of amides is 2. The van der Waals surface area contributed by atoms with Gasteiger partial charge in [0.1, 0.15) is 0 Å². The summed E-state index contributed by atoms with van der Waals surface area (Å²) in [5.74, 6) is 0.362. The van der Waals surface area contributed by atoms with Crippen LogP contribution in [0.25, 0.3) is 0 Å². The summed E-state index contributed by atoms with van der Waals surface area (Å²) in [5.41, 5.74) is 0.479. The molecule has 2 aliphatic heterocycles. The van der Waals surface area contributed by atoms with E-state index in [1.165, 1.54) is 6.26 Å². The van der Waals surface area contributed by atoms with E-state index in [1.807, 2.05) is 10.3 Å². The molecule has 2 aromatic rings. The minimum atomic E-state index is -0.470. The Labute approximate surface area is 168 Å². The van der Waals surface area contributed by atoms with Crippen molar-refractivity contribution in [2.24, 2.45) is 0 Å². The fourth-order valence-corrected chi connectivity index (χ4v) is 4.61. The number of carbonyl (C=O) groups is 2. The third kappa shape index (κ3) is 3.98. The molecule has 0 bridgehead atoms. The van der Waals surface area contributed by atoms with E-state index >= 15 is 0 Å². The third-order valence-corrected chi connectivity index (χ3v) is 6.59. The Morgan fingerprint density at radius 1 is 1.32 bits per heavy atom. The maximum atomic E-state index is 12.9. The van der Waals surface area contributed by atoms with Crippen molar-refractivity contribution in [1.29, 1.82) is 0 Å². The van der Waals surface area contributed by atoms with Crippen LogP contribution in [0.2, 0.25) is 0 Å². The average molecular weight is 404 g/mol. The summed E-state index contributed by atoms with van der Waals surface area (Å²) in [5, 5.41) is 3.13. The van der Waals surface area contributed by atoms with E-state index in [-0.39, 0.29) is 11.8 Å². The number of furan rings is 1. The van der Waals surface area contributed by atoms with Crippen LogP contribution in [-0.2, 0) is 22.5 Å². The highest BCUT2D eigenvalue weighted by Crippen LogP contribution is 2.33. The molecule has 4 rings (SSSR count). The van der Waals surface area contributed by atoms with E-state index in [1.54, 1.807) is 28.4 Å². The number of aryl methyl sites for hydroxylation is 1. The molecule has 0 radical (unpaired) electrons. The van der Waals surface area contributed by atoms with Gasteiger partial charge in [-0.1, -0.05) is 6.92 Å². The Morgan fingerprint density at radius 2 is 2.14 bits per heavy atom. The van der Waals surface area contributed by atoms with Gasteiger partial charge in [-0.05, 0) is 31.4 Å². The van der Waals surface area contributed by atoms with Gasteiger partial charge in [0, 0.05) is 25.0 Å². The topological polar surface area (TPSA) is 75.9 Å². The maximum absolute atomic E-state index is 12.9. The van der Waals surface area contributed by atoms with E-state index in [9.17, 15) is 9.59 Å². The molecule has 28 heavy (non-hydrogen) atoms. The molecule has 0 aliphatic carbocycles. The van der Waals surface area contributed by atoms with Gasteiger partial charge in [0.05, 0.1) is 42.1 Å². The summed E-state index contributed by atoms with van der Waals surface area (Å²) in [6, 6.07) is 3.39. The predicted octanol–water partition coefficient (Wildman–Crippen LogP) is 2.72. The zero-order chi connectivity index (χ0) is 19.6. The van der Waals surface area contributed by atoms with E-state index in [0.717, 1.165) is 17.1 Å².